The first-order valence-electron chi connectivity index (χ1n) is 8.93. The zero-order valence-corrected chi connectivity index (χ0v) is 16.5. The van der Waals surface area contributed by atoms with Crippen LogP contribution in [-0.4, -0.2) is 29.8 Å². The molecule has 5 heteroatoms. The van der Waals surface area contributed by atoms with Crippen LogP contribution in [0, 0.1) is 6.92 Å². The normalized spacial score (nSPS) is 13.2. The molecule has 2 amide bonds. The monoisotopic (exact) mass is 414 g/mol. The van der Waals surface area contributed by atoms with Gasteiger partial charge in [-0.3, -0.25) is 9.59 Å². The second-order valence-electron chi connectivity index (χ2n) is 6.65. The van der Waals surface area contributed by atoms with Crippen LogP contribution in [0.5, 0.6) is 0 Å². The van der Waals surface area contributed by atoms with Gasteiger partial charge in [-0.2, -0.15) is 0 Å². The molecule has 0 radical (unpaired) electrons. The summed E-state index contributed by atoms with van der Waals surface area (Å²) in [6.45, 7) is 3.89. The zero-order chi connectivity index (χ0) is 18.5. The molecule has 136 valence electrons. The van der Waals surface area contributed by atoms with Crippen molar-refractivity contribution in [3.05, 3.63) is 69.2 Å². The number of amides is 2. The van der Waals surface area contributed by atoms with Crippen LogP contribution in [0.4, 0.5) is 0 Å². The van der Waals surface area contributed by atoms with Gasteiger partial charge < -0.3 is 10.2 Å². The van der Waals surface area contributed by atoms with E-state index in [1.165, 1.54) is 11.1 Å². The summed E-state index contributed by atoms with van der Waals surface area (Å²) in [5, 5.41) is 2.91. The first-order valence-corrected chi connectivity index (χ1v) is 9.73. The Bertz CT molecular complexity index is 819. The topological polar surface area (TPSA) is 49.4 Å². The van der Waals surface area contributed by atoms with Crippen LogP contribution in [-0.2, 0) is 17.8 Å². The summed E-state index contributed by atoms with van der Waals surface area (Å²) in [5.41, 5.74) is 4.19. The molecule has 0 spiro atoms. The van der Waals surface area contributed by atoms with E-state index in [2.05, 4.69) is 33.4 Å². The minimum Gasteiger partial charge on any atom is -0.352 e. The maximum atomic E-state index is 12.4. The molecule has 0 atom stereocenters. The van der Waals surface area contributed by atoms with Crippen LogP contribution in [0.3, 0.4) is 0 Å². The average molecular weight is 415 g/mol. The van der Waals surface area contributed by atoms with Gasteiger partial charge in [-0.1, -0.05) is 40.2 Å². The minimum absolute atomic E-state index is 0.0886. The Balaban J connectivity index is 1.44. The van der Waals surface area contributed by atoms with Gasteiger partial charge in [0.15, 0.2) is 0 Å². The highest BCUT2D eigenvalue weighted by Crippen LogP contribution is 2.19. The standard InChI is InChI=1S/C21H23BrN2O2/c1-15-13-18(22)8-9-19(15)21(26)23-11-4-7-20(25)24-12-10-16-5-2-3-6-17(16)14-24/h2-3,5-6,8-9,13H,4,7,10-12,14H2,1H3,(H,23,26). The number of benzene rings is 2. The lowest BCUT2D eigenvalue weighted by Crippen LogP contribution is -2.36. The van der Waals surface area contributed by atoms with Crippen LogP contribution in [0.15, 0.2) is 46.9 Å². The van der Waals surface area contributed by atoms with E-state index in [1.807, 2.05) is 42.2 Å². The van der Waals surface area contributed by atoms with Crippen molar-refractivity contribution in [1.29, 1.82) is 0 Å². The summed E-state index contributed by atoms with van der Waals surface area (Å²) in [4.78, 5) is 26.6. The van der Waals surface area contributed by atoms with E-state index in [1.54, 1.807) is 0 Å². The molecule has 1 heterocycles. The molecule has 3 rings (SSSR count). The SMILES string of the molecule is Cc1cc(Br)ccc1C(=O)NCCCC(=O)N1CCc2ccccc2C1. The van der Waals surface area contributed by atoms with Crippen molar-refractivity contribution in [2.45, 2.75) is 32.7 Å². The van der Waals surface area contributed by atoms with Crippen LogP contribution in [0.2, 0.25) is 0 Å². The number of nitrogens with zero attached hydrogens (tertiary/aromatic N) is 1. The predicted molar refractivity (Wildman–Crippen MR) is 106 cm³/mol. The number of hydrogen-bond acceptors (Lipinski definition) is 2. The largest absolute Gasteiger partial charge is 0.352 e. The van der Waals surface area contributed by atoms with Crippen LogP contribution >= 0.6 is 15.9 Å². The highest BCUT2D eigenvalue weighted by Gasteiger charge is 2.19. The molecule has 26 heavy (non-hydrogen) atoms. The van der Waals surface area contributed by atoms with Gasteiger partial charge in [0.25, 0.3) is 5.91 Å². The maximum absolute atomic E-state index is 12.4. The van der Waals surface area contributed by atoms with E-state index in [9.17, 15) is 9.59 Å². The second kappa shape index (κ2) is 8.49. The summed E-state index contributed by atoms with van der Waals surface area (Å²) >= 11 is 3.40. The van der Waals surface area contributed by atoms with E-state index < -0.39 is 0 Å². The maximum Gasteiger partial charge on any atom is 0.251 e. The first kappa shape index (κ1) is 18.6. The van der Waals surface area contributed by atoms with Crippen molar-refractivity contribution in [3.8, 4) is 0 Å². The summed E-state index contributed by atoms with van der Waals surface area (Å²) in [6.07, 6.45) is 2.03. The minimum atomic E-state index is -0.0886. The number of rotatable bonds is 5. The van der Waals surface area contributed by atoms with Crippen LogP contribution in [0.25, 0.3) is 0 Å². The predicted octanol–water partition coefficient (Wildman–Crippen LogP) is 3.85. The van der Waals surface area contributed by atoms with E-state index in [0.717, 1.165) is 23.0 Å². The Kier molecular flexibility index (Phi) is 6.09. The van der Waals surface area contributed by atoms with Gasteiger partial charge in [-0.15, -0.1) is 0 Å². The Morgan fingerprint density at radius 1 is 1.15 bits per heavy atom. The lowest BCUT2D eigenvalue weighted by molar-refractivity contribution is -0.132. The van der Waals surface area contributed by atoms with Crippen LogP contribution in [0.1, 0.15) is 39.9 Å². The fourth-order valence-electron chi connectivity index (χ4n) is 3.29. The molecule has 0 aromatic heterocycles. The third kappa shape index (κ3) is 4.52. The van der Waals surface area contributed by atoms with Crippen molar-refractivity contribution in [2.75, 3.05) is 13.1 Å². The quantitative estimate of drug-likeness (QED) is 0.755. The molecule has 4 nitrogen and oxygen atoms in total. The van der Waals surface area contributed by atoms with Crippen molar-refractivity contribution in [3.63, 3.8) is 0 Å². The van der Waals surface area contributed by atoms with Gasteiger partial charge in [-0.05, 0) is 54.7 Å². The smallest absolute Gasteiger partial charge is 0.251 e. The zero-order valence-electron chi connectivity index (χ0n) is 14.9. The highest BCUT2D eigenvalue weighted by atomic mass is 79.9. The van der Waals surface area contributed by atoms with Gasteiger partial charge in [0, 0.05) is 36.1 Å². The molecular formula is C21H23BrN2O2. The van der Waals surface area contributed by atoms with E-state index in [0.29, 0.717) is 31.5 Å². The molecule has 2 aromatic carbocycles. The molecule has 1 aliphatic heterocycles. The number of aryl methyl sites for hydroxylation is 1. The molecular weight excluding hydrogens is 392 g/mol. The number of fused-ring (bicyclic) bond motifs is 1. The lowest BCUT2D eigenvalue weighted by atomic mass is 9.99. The van der Waals surface area contributed by atoms with E-state index >= 15 is 0 Å². The van der Waals surface area contributed by atoms with E-state index in [-0.39, 0.29) is 11.8 Å². The van der Waals surface area contributed by atoms with Gasteiger partial charge in [-0.25, -0.2) is 0 Å². The van der Waals surface area contributed by atoms with Crippen molar-refractivity contribution >= 4 is 27.7 Å². The molecule has 0 aliphatic carbocycles. The summed E-state index contributed by atoms with van der Waals surface area (Å²) in [6, 6.07) is 13.9. The van der Waals surface area contributed by atoms with Crippen molar-refractivity contribution in [1.82, 2.24) is 10.2 Å². The summed E-state index contributed by atoms with van der Waals surface area (Å²) < 4.78 is 0.959. The lowest BCUT2D eigenvalue weighted by Gasteiger charge is -2.29. The number of carbonyl (C=O) groups excluding carboxylic acids is 2. The molecule has 1 aliphatic rings. The third-order valence-corrected chi connectivity index (χ3v) is 5.26. The fourth-order valence-corrected chi connectivity index (χ4v) is 3.76. The molecule has 0 fully saturated rings. The Morgan fingerprint density at radius 2 is 1.92 bits per heavy atom. The van der Waals surface area contributed by atoms with Crippen LogP contribution < -0.4 is 5.32 Å². The second-order valence-corrected chi connectivity index (χ2v) is 7.57. The number of halogens is 1. The van der Waals surface area contributed by atoms with Gasteiger partial charge in [0.05, 0.1) is 0 Å². The molecule has 1 N–H and O–H groups in total. The Labute approximate surface area is 162 Å². The van der Waals surface area contributed by atoms with Gasteiger partial charge in [0.1, 0.15) is 0 Å². The number of carbonyl (C=O) groups is 2. The fraction of sp³-hybridized carbons (Fsp3) is 0.333. The molecule has 0 unspecified atom stereocenters. The summed E-state index contributed by atoms with van der Waals surface area (Å²) in [5.74, 6) is 0.0722. The summed E-state index contributed by atoms with van der Waals surface area (Å²) in [7, 11) is 0. The van der Waals surface area contributed by atoms with E-state index in [4.69, 9.17) is 0 Å². The number of hydrogen-bond donors (Lipinski definition) is 1. The molecule has 2 aromatic rings. The third-order valence-electron chi connectivity index (χ3n) is 4.77. The van der Waals surface area contributed by atoms with Crippen molar-refractivity contribution < 1.29 is 9.59 Å². The van der Waals surface area contributed by atoms with Gasteiger partial charge >= 0.3 is 0 Å². The highest BCUT2D eigenvalue weighted by molar-refractivity contribution is 9.10. The first-order chi connectivity index (χ1) is 12.5. The van der Waals surface area contributed by atoms with Crippen molar-refractivity contribution in [2.24, 2.45) is 0 Å². The Hall–Kier alpha value is -2.14. The average Bonchev–Trinajstić information content (AvgIpc) is 2.64. The number of nitrogens with one attached hydrogen (secondary N) is 1. The Morgan fingerprint density at radius 3 is 2.69 bits per heavy atom. The molecule has 0 saturated heterocycles. The molecule has 0 bridgehead atoms. The molecule has 0 saturated carbocycles. The van der Waals surface area contributed by atoms with Gasteiger partial charge in [0.2, 0.25) is 5.91 Å².